The number of rotatable bonds is 5. The topological polar surface area (TPSA) is 26.3 Å². The van der Waals surface area contributed by atoms with E-state index < -0.39 is 0 Å². The molecule has 0 saturated carbocycles. The van der Waals surface area contributed by atoms with Crippen LogP contribution in [0.15, 0.2) is 72.8 Å². The largest absolute Gasteiger partial charge is 0.462 e. The highest BCUT2D eigenvalue weighted by Gasteiger charge is 2.18. The van der Waals surface area contributed by atoms with Crippen LogP contribution in [0.5, 0.6) is 0 Å². The van der Waals surface area contributed by atoms with E-state index in [1.54, 1.807) is 0 Å². The number of aryl methyl sites for hydroxylation is 1. The van der Waals surface area contributed by atoms with E-state index in [1.165, 1.54) is 5.56 Å². The van der Waals surface area contributed by atoms with Crippen LogP contribution in [0.3, 0.4) is 0 Å². The first-order valence-corrected chi connectivity index (χ1v) is 8.69. The molecule has 2 nitrogen and oxygen atoms in total. The van der Waals surface area contributed by atoms with Crippen LogP contribution in [0.1, 0.15) is 29.8 Å². The minimum absolute atomic E-state index is 0.277. The lowest BCUT2D eigenvalue weighted by Crippen LogP contribution is -2.08. The molecule has 0 heterocycles. The van der Waals surface area contributed by atoms with Crippen LogP contribution in [0.2, 0.25) is 0 Å². The van der Waals surface area contributed by atoms with Gasteiger partial charge in [0.05, 0.1) is 12.2 Å². The maximum Gasteiger partial charge on any atom is 0.338 e. The summed E-state index contributed by atoms with van der Waals surface area (Å²) in [6.07, 6.45) is 0.896. The standard InChI is InChI=1S/C23H22O2/c1-3-17-15-21(19-13-9-6-10-14-19)22(23(24)25-4-2)16-20(17)18-11-7-5-8-12-18/h5-16H,3-4H2,1-2H3. The van der Waals surface area contributed by atoms with Crippen LogP contribution in [0.4, 0.5) is 0 Å². The summed E-state index contributed by atoms with van der Waals surface area (Å²) in [6, 6.07) is 24.3. The van der Waals surface area contributed by atoms with E-state index in [0.29, 0.717) is 12.2 Å². The van der Waals surface area contributed by atoms with Crippen molar-refractivity contribution < 1.29 is 9.53 Å². The number of ether oxygens (including phenoxy) is 1. The van der Waals surface area contributed by atoms with Crippen molar-refractivity contribution in [3.05, 3.63) is 83.9 Å². The fourth-order valence-corrected chi connectivity index (χ4v) is 3.06. The summed E-state index contributed by atoms with van der Waals surface area (Å²) in [4.78, 5) is 12.6. The highest BCUT2D eigenvalue weighted by molar-refractivity contribution is 5.99. The van der Waals surface area contributed by atoms with Gasteiger partial charge in [0.1, 0.15) is 0 Å². The van der Waals surface area contributed by atoms with Crippen molar-refractivity contribution >= 4 is 5.97 Å². The van der Waals surface area contributed by atoms with E-state index in [9.17, 15) is 4.79 Å². The van der Waals surface area contributed by atoms with Crippen molar-refractivity contribution in [2.75, 3.05) is 6.61 Å². The van der Waals surface area contributed by atoms with Crippen LogP contribution >= 0.6 is 0 Å². The maximum atomic E-state index is 12.6. The number of carbonyl (C=O) groups excluding carboxylic acids is 1. The van der Waals surface area contributed by atoms with Gasteiger partial charge in [0, 0.05) is 0 Å². The molecule has 126 valence electrons. The Morgan fingerprint density at radius 3 is 1.88 bits per heavy atom. The molecule has 0 saturated heterocycles. The zero-order valence-electron chi connectivity index (χ0n) is 14.7. The molecular formula is C23H22O2. The Labute approximate surface area is 149 Å². The van der Waals surface area contributed by atoms with Crippen LogP contribution in [0, 0.1) is 0 Å². The third kappa shape index (κ3) is 3.63. The molecule has 3 rings (SSSR count). The first kappa shape index (κ1) is 17.0. The van der Waals surface area contributed by atoms with E-state index in [-0.39, 0.29) is 5.97 Å². The summed E-state index contributed by atoms with van der Waals surface area (Å²) in [7, 11) is 0. The number of hydrogen-bond donors (Lipinski definition) is 0. The third-order valence-electron chi connectivity index (χ3n) is 4.29. The van der Waals surface area contributed by atoms with Gasteiger partial charge in [-0.15, -0.1) is 0 Å². The molecule has 0 radical (unpaired) electrons. The highest BCUT2D eigenvalue weighted by atomic mass is 16.5. The molecule has 2 heteroatoms. The van der Waals surface area contributed by atoms with Gasteiger partial charge in [-0.25, -0.2) is 4.79 Å². The van der Waals surface area contributed by atoms with Gasteiger partial charge in [-0.3, -0.25) is 0 Å². The Morgan fingerprint density at radius 2 is 1.36 bits per heavy atom. The van der Waals surface area contributed by atoms with Crippen molar-refractivity contribution in [3.63, 3.8) is 0 Å². The average Bonchev–Trinajstić information content (AvgIpc) is 2.68. The Bertz CT molecular complexity index is 852. The van der Waals surface area contributed by atoms with Gasteiger partial charge in [0.2, 0.25) is 0 Å². The molecule has 0 bridgehead atoms. The van der Waals surface area contributed by atoms with Crippen molar-refractivity contribution in [2.45, 2.75) is 20.3 Å². The molecule has 0 aromatic heterocycles. The van der Waals surface area contributed by atoms with Gasteiger partial charge < -0.3 is 4.74 Å². The van der Waals surface area contributed by atoms with Crippen molar-refractivity contribution in [3.8, 4) is 22.3 Å². The predicted molar refractivity (Wildman–Crippen MR) is 103 cm³/mol. The second-order valence-corrected chi connectivity index (χ2v) is 5.86. The zero-order valence-corrected chi connectivity index (χ0v) is 14.7. The molecule has 3 aromatic carbocycles. The van der Waals surface area contributed by atoms with E-state index in [0.717, 1.165) is 28.7 Å². The fourth-order valence-electron chi connectivity index (χ4n) is 3.06. The number of benzene rings is 3. The van der Waals surface area contributed by atoms with Gasteiger partial charge in [-0.2, -0.15) is 0 Å². The summed E-state index contributed by atoms with van der Waals surface area (Å²) in [5.41, 5.74) is 5.99. The van der Waals surface area contributed by atoms with E-state index in [1.807, 2.05) is 61.5 Å². The monoisotopic (exact) mass is 330 g/mol. The Balaban J connectivity index is 2.23. The van der Waals surface area contributed by atoms with Crippen LogP contribution in [0.25, 0.3) is 22.3 Å². The van der Waals surface area contributed by atoms with E-state index in [4.69, 9.17) is 4.74 Å². The van der Waals surface area contributed by atoms with Gasteiger partial charge in [0.25, 0.3) is 0 Å². The normalized spacial score (nSPS) is 10.5. The molecule has 0 unspecified atom stereocenters. The zero-order chi connectivity index (χ0) is 17.6. The predicted octanol–water partition coefficient (Wildman–Crippen LogP) is 5.76. The molecule has 3 aromatic rings. The summed E-state index contributed by atoms with van der Waals surface area (Å²) in [5, 5.41) is 0. The second-order valence-electron chi connectivity index (χ2n) is 5.86. The van der Waals surface area contributed by atoms with Gasteiger partial charge in [-0.05, 0) is 53.3 Å². The summed E-state index contributed by atoms with van der Waals surface area (Å²) in [6.45, 7) is 4.34. The molecule has 0 aliphatic heterocycles. The molecule has 0 atom stereocenters. The summed E-state index contributed by atoms with van der Waals surface area (Å²) in [5.74, 6) is -0.277. The first-order chi connectivity index (χ1) is 12.2. The minimum atomic E-state index is -0.277. The lowest BCUT2D eigenvalue weighted by molar-refractivity contribution is 0.0527. The highest BCUT2D eigenvalue weighted by Crippen LogP contribution is 2.33. The number of hydrogen-bond acceptors (Lipinski definition) is 2. The fraction of sp³-hybridized carbons (Fsp3) is 0.174. The van der Waals surface area contributed by atoms with Crippen LogP contribution < -0.4 is 0 Å². The molecule has 25 heavy (non-hydrogen) atoms. The number of carbonyl (C=O) groups is 1. The second kappa shape index (κ2) is 7.80. The quantitative estimate of drug-likeness (QED) is 0.556. The molecule has 0 N–H and O–H groups in total. The lowest BCUT2D eigenvalue weighted by atomic mass is 9.90. The Morgan fingerprint density at radius 1 is 0.800 bits per heavy atom. The number of esters is 1. The van der Waals surface area contributed by atoms with Gasteiger partial charge >= 0.3 is 5.97 Å². The summed E-state index contributed by atoms with van der Waals surface area (Å²) >= 11 is 0. The third-order valence-corrected chi connectivity index (χ3v) is 4.29. The van der Waals surface area contributed by atoms with E-state index >= 15 is 0 Å². The first-order valence-electron chi connectivity index (χ1n) is 8.69. The SMILES string of the molecule is CCOC(=O)c1cc(-c2ccccc2)c(CC)cc1-c1ccccc1. The molecule has 0 aliphatic rings. The molecule has 0 aliphatic carbocycles. The van der Waals surface area contributed by atoms with Gasteiger partial charge in [0.15, 0.2) is 0 Å². The van der Waals surface area contributed by atoms with E-state index in [2.05, 4.69) is 25.1 Å². The van der Waals surface area contributed by atoms with Crippen molar-refractivity contribution in [1.29, 1.82) is 0 Å². The Hall–Kier alpha value is -2.87. The van der Waals surface area contributed by atoms with Crippen molar-refractivity contribution in [2.24, 2.45) is 0 Å². The van der Waals surface area contributed by atoms with Gasteiger partial charge in [-0.1, -0.05) is 67.6 Å². The maximum absolute atomic E-state index is 12.6. The molecule has 0 fully saturated rings. The summed E-state index contributed by atoms with van der Waals surface area (Å²) < 4.78 is 5.32. The minimum Gasteiger partial charge on any atom is -0.462 e. The van der Waals surface area contributed by atoms with Crippen LogP contribution in [-0.2, 0) is 11.2 Å². The lowest BCUT2D eigenvalue weighted by Gasteiger charge is -2.16. The molecule has 0 spiro atoms. The molecular weight excluding hydrogens is 308 g/mol. The molecule has 0 amide bonds. The van der Waals surface area contributed by atoms with Crippen LogP contribution in [-0.4, -0.2) is 12.6 Å². The Kier molecular flexibility index (Phi) is 5.30. The van der Waals surface area contributed by atoms with Crippen molar-refractivity contribution in [1.82, 2.24) is 0 Å². The average molecular weight is 330 g/mol. The smallest absolute Gasteiger partial charge is 0.338 e.